The fourth-order valence-electron chi connectivity index (χ4n) is 3.56. The first kappa shape index (κ1) is 18.9. The van der Waals surface area contributed by atoms with E-state index in [2.05, 4.69) is 10.00 Å². The van der Waals surface area contributed by atoms with E-state index in [-0.39, 0.29) is 13.1 Å². The van der Waals surface area contributed by atoms with Gasteiger partial charge >= 0.3 is 5.69 Å². The molecule has 148 valence electrons. The van der Waals surface area contributed by atoms with Crippen molar-refractivity contribution in [1.29, 1.82) is 0 Å². The van der Waals surface area contributed by atoms with Gasteiger partial charge in [0.2, 0.25) is 0 Å². The molecule has 2 aromatic heterocycles. The van der Waals surface area contributed by atoms with Gasteiger partial charge in [0.25, 0.3) is 0 Å². The number of rotatable bonds is 5. The maximum absolute atomic E-state index is 12.3. The highest BCUT2D eigenvalue weighted by Gasteiger charge is 2.30. The monoisotopic (exact) mass is 403 g/mol. The molecular formula is C19H22ClN5O3. The summed E-state index contributed by atoms with van der Waals surface area (Å²) in [5.74, 6) is -2.06. The highest BCUT2D eigenvalue weighted by Crippen LogP contribution is 2.21. The SMILES string of the molecule is O=c1n(CC(O)(O)CN2CCN(c3cccc(Cl)c3)CC2)nc2ccccn12. The molecule has 0 unspecified atom stereocenters. The Morgan fingerprint density at radius 2 is 1.82 bits per heavy atom. The summed E-state index contributed by atoms with van der Waals surface area (Å²) in [7, 11) is 0. The number of fused-ring (bicyclic) bond motifs is 1. The first-order valence-electron chi connectivity index (χ1n) is 9.13. The maximum atomic E-state index is 12.3. The number of hydrogen-bond donors (Lipinski definition) is 2. The largest absolute Gasteiger partial charge is 0.369 e. The zero-order valence-corrected chi connectivity index (χ0v) is 16.0. The normalized spacial score (nSPS) is 16.0. The van der Waals surface area contributed by atoms with Crippen LogP contribution in [0.25, 0.3) is 5.65 Å². The number of halogens is 1. The van der Waals surface area contributed by atoms with Crippen molar-refractivity contribution in [3.05, 3.63) is 64.2 Å². The number of hydrogen-bond acceptors (Lipinski definition) is 6. The van der Waals surface area contributed by atoms with E-state index in [1.54, 1.807) is 24.4 Å². The van der Waals surface area contributed by atoms with Gasteiger partial charge in [0, 0.05) is 43.1 Å². The minimum absolute atomic E-state index is 0.0384. The highest BCUT2D eigenvalue weighted by atomic mass is 35.5. The van der Waals surface area contributed by atoms with Crippen LogP contribution in [-0.2, 0) is 6.54 Å². The lowest BCUT2D eigenvalue weighted by Gasteiger charge is -2.38. The lowest BCUT2D eigenvalue weighted by Crippen LogP contribution is -2.54. The number of aromatic nitrogens is 3. The van der Waals surface area contributed by atoms with Gasteiger partial charge < -0.3 is 15.1 Å². The average Bonchev–Trinajstić information content (AvgIpc) is 2.97. The molecule has 8 nitrogen and oxygen atoms in total. The summed E-state index contributed by atoms with van der Waals surface area (Å²) in [6.07, 6.45) is 1.60. The summed E-state index contributed by atoms with van der Waals surface area (Å²) in [5.41, 5.74) is 1.13. The smallest absolute Gasteiger partial charge is 0.350 e. The number of nitrogens with zero attached hydrogens (tertiary/aromatic N) is 5. The first-order chi connectivity index (χ1) is 13.4. The van der Waals surface area contributed by atoms with Gasteiger partial charge in [-0.05, 0) is 30.3 Å². The van der Waals surface area contributed by atoms with E-state index in [0.717, 1.165) is 23.5 Å². The second-order valence-corrected chi connectivity index (χ2v) is 7.53. The Bertz CT molecular complexity index is 1020. The van der Waals surface area contributed by atoms with Gasteiger partial charge in [-0.3, -0.25) is 9.30 Å². The summed E-state index contributed by atoms with van der Waals surface area (Å²) in [5, 5.41) is 25.8. The van der Waals surface area contributed by atoms with E-state index in [0.29, 0.717) is 23.8 Å². The van der Waals surface area contributed by atoms with Crippen LogP contribution in [-0.4, -0.2) is 67.8 Å². The number of benzene rings is 1. The second-order valence-electron chi connectivity index (χ2n) is 7.09. The van der Waals surface area contributed by atoms with Crippen LogP contribution in [0.4, 0.5) is 5.69 Å². The van der Waals surface area contributed by atoms with E-state index in [1.165, 1.54) is 4.40 Å². The number of pyridine rings is 1. The molecule has 1 aliphatic rings. The van der Waals surface area contributed by atoms with Crippen molar-refractivity contribution in [3.8, 4) is 0 Å². The Hall–Kier alpha value is -2.39. The van der Waals surface area contributed by atoms with Crippen molar-refractivity contribution in [3.63, 3.8) is 0 Å². The molecule has 3 aromatic rings. The molecule has 0 spiro atoms. The summed E-state index contributed by atoms with van der Waals surface area (Å²) in [6, 6.07) is 12.9. The van der Waals surface area contributed by atoms with Crippen molar-refractivity contribution in [2.24, 2.45) is 0 Å². The molecule has 28 heavy (non-hydrogen) atoms. The summed E-state index contributed by atoms with van der Waals surface area (Å²) in [4.78, 5) is 16.5. The van der Waals surface area contributed by atoms with Crippen molar-refractivity contribution >= 4 is 22.9 Å². The molecule has 0 atom stereocenters. The first-order valence-corrected chi connectivity index (χ1v) is 9.51. The van der Waals surface area contributed by atoms with Gasteiger partial charge in [0.15, 0.2) is 11.4 Å². The van der Waals surface area contributed by atoms with Crippen LogP contribution in [0.1, 0.15) is 0 Å². The van der Waals surface area contributed by atoms with Gasteiger partial charge in [0.05, 0.1) is 6.54 Å². The summed E-state index contributed by atoms with van der Waals surface area (Å²) < 4.78 is 2.47. The van der Waals surface area contributed by atoms with Gasteiger partial charge in [-0.15, -0.1) is 5.10 Å². The van der Waals surface area contributed by atoms with Crippen molar-refractivity contribution in [1.82, 2.24) is 19.1 Å². The van der Waals surface area contributed by atoms with E-state index in [4.69, 9.17) is 11.6 Å². The van der Waals surface area contributed by atoms with Crippen LogP contribution >= 0.6 is 11.6 Å². The molecule has 0 amide bonds. The second kappa shape index (κ2) is 7.56. The van der Waals surface area contributed by atoms with Crippen LogP contribution < -0.4 is 10.6 Å². The molecule has 4 rings (SSSR count). The van der Waals surface area contributed by atoms with Gasteiger partial charge in [-0.1, -0.05) is 23.7 Å². The Morgan fingerprint density at radius 3 is 2.54 bits per heavy atom. The third-order valence-electron chi connectivity index (χ3n) is 4.91. The lowest BCUT2D eigenvalue weighted by atomic mass is 10.2. The quantitative estimate of drug-likeness (QED) is 0.608. The van der Waals surface area contributed by atoms with Crippen LogP contribution in [0, 0.1) is 0 Å². The molecule has 0 aliphatic carbocycles. The molecule has 0 bridgehead atoms. The van der Waals surface area contributed by atoms with Crippen molar-refractivity contribution in [2.75, 3.05) is 37.6 Å². The van der Waals surface area contributed by atoms with Crippen LogP contribution in [0.2, 0.25) is 5.02 Å². The Kier molecular flexibility index (Phi) is 5.11. The Morgan fingerprint density at radius 1 is 1.04 bits per heavy atom. The summed E-state index contributed by atoms with van der Waals surface area (Å²) >= 11 is 6.06. The van der Waals surface area contributed by atoms with Crippen LogP contribution in [0.3, 0.4) is 0 Å². The average molecular weight is 404 g/mol. The maximum Gasteiger partial charge on any atom is 0.350 e. The molecule has 1 aromatic carbocycles. The predicted octanol–water partition coefficient (Wildman–Crippen LogP) is 0.652. The van der Waals surface area contributed by atoms with Crippen molar-refractivity contribution in [2.45, 2.75) is 12.3 Å². The molecule has 9 heteroatoms. The Labute approximate surface area is 166 Å². The molecule has 0 radical (unpaired) electrons. The third-order valence-corrected chi connectivity index (χ3v) is 5.15. The molecule has 1 saturated heterocycles. The zero-order valence-electron chi connectivity index (χ0n) is 15.3. The standard InChI is InChI=1S/C19H22ClN5O3/c20-15-4-3-5-16(12-15)23-10-8-22(9-11-23)13-19(27,28)14-25-18(26)24-7-2-1-6-17(24)21-25/h1-7,12,27-28H,8-11,13-14H2. The number of piperazine rings is 1. The van der Waals surface area contributed by atoms with E-state index in [1.807, 2.05) is 29.2 Å². The van der Waals surface area contributed by atoms with E-state index >= 15 is 0 Å². The van der Waals surface area contributed by atoms with E-state index < -0.39 is 11.5 Å². The fourth-order valence-corrected chi connectivity index (χ4v) is 3.74. The molecule has 1 aliphatic heterocycles. The van der Waals surface area contributed by atoms with Gasteiger partial charge in [-0.25, -0.2) is 9.48 Å². The number of β-amino-alcohol motifs (C(OH)–C–C–N with tert-alkyl or cyclic N) is 2. The molecule has 2 N–H and O–H groups in total. The lowest BCUT2D eigenvalue weighted by molar-refractivity contribution is -0.185. The van der Waals surface area contributed by atoms with E-state index in [9.17, 15) is 15.0 Å². The number of aliphatic hydroxyl groups is 2. The predicted molar refractivity (Wildman–Crippen MR) is 107 cm³/mol. The fraction of sp³-hybridized carbons (Fsp3) is 0.368. The Balaban J connectivity index is 1.38. The van der Waals surface area contributed by atoms with Gasteiger partial charge in [0.1, 0.15) is 6.54 Å². The minimum atomic E-state index is -2.06. The topological polar surface area (TPSA) is 86.2 Å². The molecular weight excluding hydrogens is 382 g/mol. The molecule has 1 fully saturated rings. The number of anilines is 1. The molecule has 3 heterocycles. The molecule has 0 saturated carbocycles. The van der Waals surface area contributed by atoms with Crippen molar-refractivity contribution < 1.29 is 10.2 Å². The minimum Gasteiger partial charge on any atom is -0.369 e. The van der Waals surface area contributed by atoms with Gasteiger partial charge in [-0.2, -0.15) is 0 Å². The highest BCUT2D eigenvalue weighted by molar-refractivity contribution is 6.30. The zero-order chi connectivity index (χ0) is 19.7. The third kappa shape index (κ3) is 4.05. The van der Waals surface area contributed by atoms with Crippen LogP contribution in [0.15, 0.2) is 53.5 Å². The van der Waals surface area contributed by atoms with Crippen LogP contribution in [0.5, 0.6) is 0 Å². The summed E-state index contributed by atoms with van der Waals surface area (Å²) in [6.45, 7) is 2.61.